The third-order valence-electron chi connectivity index (χ3n) is 3.55. The van der Waals surface area contributed by atoms with Crippen LogP contribution in [-0.2, 0) is 11.3 Å². The van der Waals surface area contributed by atoms with Crippen LogP contribution in [0.3, 0.4) is 0 Å². The minimum atomic E-state index is -0.669. The first-order valence-electron chi connectivity index (χ1n) is 7.75. The molecule has 0 aliphatic heterocycles. The van der Waals surface area contributed by atoms with Gasteiger partial charge in [-0.2, -0.15) is 5.10 Å². The van der Waals surface area contributed by atoms with Gasteiger partial charge in [-0.1, -0.05) is 35.9 Å². The van der Waals surface area contributed by atoms with E-state index in [0.717, 1.165) is 5.56 Å². The Balaban J connectivity index is 1.68. The number of ether oxygens (including phenoxy) is 1. The second kappa shape index (κ2) is 7.81. The van der Waals surface area contributed by atoms with Crippen molar-refractivity contribution < 1.29 is 9.53 Å². The molecule has 0 bridgehead atoms. The van der Waals surface area contributed by atoms with E-state index >= 15 is 0 Å². The molecule has 0 spiro atoms. The van der Waals surface area contributed by atoms with E-state index in [9.17, 15) is 4.79 Å². The molecular weight excluding hydrogens is 340 g/mol. The summed E-state index contributed by atoms with van der Waals surface area (Å²) < 4.78 is 7.34. The Bertz CT molecular complexity index is 852. The lowest BCUT2D eigenvalue weighted by molar-refractivity contribution is -0.122. The standard InChI is InChI=1S/C18H17ClN4O2/c1-13(25-16-7-4-6-15(19)9-16)18(24)22-17-8-3-2-5-14(17)10-23-12-20-11-21-23/h2-9,11-13H,10H2,1H3,(H,22,24)/t13-/m0/s1. The van der Waals surface area contributed by atoms with E-state index in [1.165, 1.54) is 6.33 Å². The molecule has 0 saturated heterocycles. The minimum absolute atomic E-state index is 0.244. The van der Waals surface area contributed by atoms with Crippen molar-refractivity contribution in [2.75, 3.05) is 5.32 Å². The summed E-state index contributed by atoms with van der Waals surface area (Å²) in [7, 11) is 0. The van der Waals surface area contributed by atoms with Crippen molar-refractivity contribution >= 4 is 23.2 Å². The van der Waals surface area contributed by atoms with E-state index in [1.54, 1.807) is 42.2 Å². The Morgan fingerprint density at radius 1 is 1.28 bits per heavy atom. The summed E-state index contributed by atoms with van der Waals surface area (Å²) in [5, 5.41) is 7.54. The molecule has 25 heavy (non-hydrogen) atoms. The molecule has 1 aromatic heterocycles. The zero-order chi connectivity index (χ0) is 17.6. The van der Waals surface area contributed by atoms with Gasteiger partial charge in [-0.25, -0.2) is 9.67 Å². The van der Waals surface area contributed by atoms with Gasteiger partial charge < -0.3 is 10.1 Å². The van der Waals surface area contributed by atoms with Gasteiger partial charge in [-0.15, -0.1) is 0 Å². The quantitative estimate of drug-likeness (QED) is 0.735. The molecule has 1 amide bonds. The van der Waals surface area contributed by atoms with Crippen LogP contribution >= 0.6 is 11.6 Å². The molecular formula is C18H17ClN4O2. The number of nitrogens with one attached hydrogen (secondary N) is 1. The van der Waals surface area contributed by atoms with Crippen molar-refractivity contribution in [1.82, 2.24) is 14.8 Å². The molecule has 0 saturated carbocycles. The van der Waals surface area contributed by atoms with Crippen molar-refractivity contribution in [3.05, 3.63) is 71.8 Å². The van der Waals surface area contributed by atoms with Crippen LogP contribution in [0.1, 0.15) is 12.5 Å². The average Bonchev–Trinajstić information content (AvgIpc) is 3.09. The smallest absolute Gasteiger partial charge is 0.265 e. The largest absolute Gasteiger partial charge is 0.481 e. The Labute approximate surface area is 150 Å². The number of benzene rings is 2. The molecule has 1 N–H and O–H groups in total. The lowest BCUT2D eigenvalue weighted by atomic mass is 10.1. The van der Waals surface area contributed by atoms with Crippen LogP contribution in [0.25, 0.3) is 0 Å². The highest BCUT2D eigenvalue weighted by Gasteiger charge is 2.16. The van der Waals surface area contributed by atoms with Crippen molar-refractivity contribution in [2.24, 2.45) is 0 Å². The number of rotatable bonds is 6. The predicted molar refractivity (Wildman–Crippen MR) is 95.7 cm³/mol. The molecule has 2 aromatic carbocycles. The summed E-state index contributed by atoms with van der Waals surface area (Å²) in [5.74, 6) is 0.303. The molecule has 0 fully saturated rings. The van der Waals surface area contributed by atoms with Gasteiger partial charge in [-0.3, -0.25) is 4.79 Å². The number of carbonyl (C=O) groups is 1. The SMILES string of the molecule is C[C@H](Oc1cccc(Cl)c1)C(=O)Nc1ccccc1Cn1cncn1. The fraction of sp³-hybridized carbons (Fsp3) is 0.167. The molecule has 0 radical (unpaired) electrons. The number of anilines is 1. The number of amides is 1. The van der Waals surface area contributed by atoms with E-state index in [4.69, 9.17) is 16.3 Å². The second-order valence-electron chi connectivity index (χ2n) is 5.46. The number of hydrogen-bond donors (Lipinski definition) is 1. The normalized spacial score (nSPS) is 11.8. The number of hydrogen-bond acceptors (Lipinski definition) is 4. The topological polar surface area (TPSA) is 69.0 Å². The molecule has 0 aliphatic carbocycles. The fourth-order valence-corrected chi connectivity index (χ4v) is 2.48. The highest BCUT2D eigenvalue weighted by molar-refractivity contribution is 6.30. The molecule has 7 heteroatoms. The van der Waals surface area contributed by atoms with E-state index in [2.05, 4.69) is 15.4 Å². The van der Waals surface area contributed by atoms with Crippen LogP contribution in [0.4, 0.5) is 5.69 Å². The Hall–Kier alpha value is -2.86. The molecule has 3 aromatic rings. The van der Waals surface area contributed by atoms with Gasteiger partial charge in [0.05, 0.1) is 6.54 Å². The highest BCUT2D eigenvalue weighted by atomic mass is 35.5. The third-order valence-corrected chi connectivity index (χ3v) is 3.79. The summed E-state index contributed by atoms with van der Waals surface area (Å²) in [4.78, 5) is 16.4. The van der Waals surface area contributed by atoms with E-state index in [1.807, 2.05) is 24.3 Å². The third kappa shape index (κ3) is 4.58. The van der Waals surface area contributed by atoms with Crippen molar-refractivity contribution in [2.45, 2.75) is 19.6 Å². The molecule has 1 heterocycles. The van der Waals surface area contributed by atoms with Gasteiger partial charge in [0.2, 0.25) is 0 Å². The fourth-order valence-electron chi connectivity index (χ4n) is 2.30. The maximum Gasteiger partial charge on any atom is 0.265 e. The van der Waals surface area contributed by atoms with E-state index in [0.29, 0.717) is 23.0 Å². The number of para-hydroxylation sites is 1. The Morgan fingerprint density at radius 3 is 2.88 bits per heavy atom. The van der Waals surface area contributed by atoms with Crippen LogP contribution in [0.5, 0.6) is 5.75 Å². The van der Waals surface area contributed by atoms with Crippen LogP contribution in [0.2, 0.25) is 5.02 Å². The zero-order valence-corrected chi connectivity index (χ0v) is 14.3. The molecule has 1 atom stereocenters. The summed E-state index contributed by atoms with van der Waals surface area (Å²) in [6.07, 6.45) is 2.43. The second-order valence-corrected chi connectivity index (χ2v) is 5.89. The molecule has 0 unspecified atom stereocenters. The monoisotopic (exact) mass is 356 g/mol. The summed E-state index contributed by atoms with van der Waals surface area (Å²) >= 11 is 5.93. The van der Waals surface area contributed by atoms with Crippen LogP contribution in [0.15, 0.2) is 61.2 Å². The molecule has 3 rings (SSSR count). The first-order valence-corrected chi connectivity index (χ1v) is 8.13. The van der Waals surface area contributed by atoms with Crippen molar-refractivity contribution in [3.63, 3.8) is 0 Å². The van der Waals surface area contributed by atoms with Gasteiger partial charge in [0.1, 0.15) is 18.4 Å². The highest BCUT2D eigenvalue weighted by Crippen LogP contribution is 2.20. The number of carbonyl (C=O) groups excluding carboxylic acids is 1. The molecule has 0 aliphatic rings. The van der Waals surface area contributed by atoms with Gasteiger partial charge in [0, 0.05) is 10.7 Å². The van der Waals surface area contributed by atoms with Crippen molar-refractivity contribution in [3.8, 4) is 5.75 Å². The van der Waals surface area contributed by atoms with Crippen LogP contribution in [-0.4, -0.2) is 26.8 Å². The summed E-state index contributed by atoms with van der Waals surface area (Å²) in [6, 6.07) is 14.5. The van der Waals surface area contributed by atoms with E-state index in [-0.39, 0.29) is 5.91 Å². The minimum Gasteiger partial charge on any atom is -0.481 e. The van der Waals surface area contributed by atoms with Gasteiger partial charge >= 0.3 is 0 Å². The Morgan fingerprint density at radius 2 is 2.12 bits per heavy atom. The summed E-state index contributed by atoms with van der Waals surface area (Å²) in [5.41, 5.74) is 1.64. The first kappa shape index (κ1) is 17.0. The van der Waals surface area contributed by atoms with Crippen LogP contribution in [0, 0.1) is 0 Å². The zero-order valence-electron chi connectivity index (χ0n) is 13.6. The van der Waals surface area contributed by atoms with Gasteiger partial charge in [0.25, 0.3) is 5.91 Å². The van der Waals surface area contributed by atoms with Crippen molar-refractivity contribution in [1.29, 1.82) is 0 Å². The lowest BCUT2D eigenvalue weighted by Gasteiger charge is -2.16. The average molecular weight is 357 g/mol. The number of nitrogens with zero attached hydrogens (tertiary/aromatic N) is 3. The maximum atomic E-state index is 12.5. The Kier molecular flexibility index (Phi) is 5.30. The first-order chi connectivity index (χ1) is 12.1. The lowest BCUT2D eigenvalue weighted by Crippen LogP contribution is -2.30. The van der Waals surface area contributed by atoms with Gasteiger partial charge in [0.15, 0.2) is 6.10 Å². The molecule has 128 valence electrons. The van der Waals surface area contributed by atoms with Gasteiger partial charge in [-0.05, 0) is 36.8 Å². The van der Waals surface area contributed by atoms with E-state index < -0.39 is 6.10 Å². The van der Waals surface area contributed by atoms with Crippen LogP contribution < -0.4 is 10.1 Å². The number of halogens is 1. The predicted octanol–water partition coefficient (Wildman–Crippen LogP) is 3.39. The molecule has 6 nitrogen and oxygen atoms in total. The summed E-state index contributed by atoms with van der Waals surface area (Å²) in [6.45, 7) is 2.20. The number of aromatic nitrogens is 3. The maximum absolute atomic E-state index is 12.5.